The number of ether oxygens (including phenoxy) is 2. The fourth-order valence-corrected chi connectivity index (χ4v) is 1.60. The zero-order valence-corrected chi connectivity index (χ0v) is 11.0. The van der Waals surface area contributed by atoms with Crippen LogP contribution in [0, 0.1) is 12.7 Å². The fourth-order valence-electron chi connectivity index (χ4n) is 1.60. The monoisotopic (exact) mass is 276 g/mol. The first-order valence-electron chi connectivity index (χ1n) is 5.79. The average Bonchev–Trinajstić information content (AvgIpc) is 2.42. The Hall–Kier alpha value is -2.63. The van der Waals surface area contributed by atoms with Crippen LogP contribution in [0.15, 0.2) is 30.5 Å². The van der Waals surface area contributed by atoms with Gasteiger partial charge in [0.15, 0.2) is 0 Å². The Kier molecular flexibility index (Phi) is 3.84. The molecule has 0 atom stereocenters. The molecule has 0 unspecified atom stereocenters. The number of hydrogen-bond donors (Lipinski definition) is 1. The molecular formula is C14H13FN2O3. The average molecular weight is 276 g/mol. The van der Waals surface area contributed by atoms with E-state index in [4.69, 9.17) is 10.5 Å². The summed E-state index contributed by atoms with van der Waals surface area (Å²) in [6, 6.07) is 5.21. The summed E-state index contributed by atoms with van der Waals surface area (Å²) in [7, 11) is 1.24. The first kappa shape index (κ1) is 13.8. The van der Waals surface area contributed by atoms with Crippen molar-refractivity contribution in [2.24, 2.45) is 0 Å². The quantitative estimate of drug-likeness (QED) is 0.872. The molecule has 104 valence electrons. The van der Waals surface area contributed by atoms with Crippen molar-refractivity contribution in [3.8, 4) is 11.5 Å². The molecule has 2 N–H and O–H groups in total. The molecule has 5 nitrogen and oxygen atoms in total. The van der Waals surface area contributed by atoms with E-state index in [0.717, 1.165) is 17.7 Å². The molecule has 0 fully saturated rings. The third-order valence-corrected chi connectivity index (χ3v) is 2.67. The molecule has 0 aliphatic heterocycles. The van der Waals surface area contributed by atoms with Crippen LogP contribution < -0.4 is 10.5 Å². The lowest BCUT2D eigenvalue weighted by molar-refractivity contribution is 0.0598. The van der Waals surface area contributed by atoms with Crippen LogP contribution in [-0.2, 0) is 4.74 Å². The molecule has 0 radical (unpaired) electrons. The van der Waals surface area contributed by atoms with Crippen molar-refractivity contribution in [1.29, 1.82) is 0 Å². The summed E-state index contributed by atoms with van der Waals surface area (Å²) < 4.78 is 23.4. The highest BCUT2D eigenvalue weighted by Crippen LogP contribution is 2.27. The number of aryl methyl sites for hydroxylation is 1. The van der Waals surface area contributed by atoms with Crippen LogP contribution in [0.5, 0.6) is 11.5 Å². The maximum Gasteiger partial charge on any atom is 0.341 e. The molecule has 0 bridgehead atoms. The lowest BCUT2D eigenvalue weighted by Gasteiger charge is -2.10. The van der Waals surface area contributed by atoms with E-state index < -0.39 is 11.8 Å². The Bertz CT molecular complexity index is 659. The van der Waals surface area contributed by atoms with Gasteiger partial charge in [0.25, 0.3) is 0 Å². The van der Waals surface area contributed by atoms with Gasteiger partial charge in [-0.2, -0.15) is 0 Å². The van der Waals surface area contributed by atoms with E-state index in [0.29, 0.717) is 11.6 Å². The van der Waals surface area contributed by atoms with Crippen LogP contribution in [0.1, 0.15) is 15.9 Å². The van der Waals surface area contributed by atoms with Crippen molar-refractivity contribution in [2.45, 2.75) is 6.92 Å². The number of rotatable bonds is 3. The SMILES string of the molecule is COC(=O)c1ccc(F)cc1Oc1cnc(N)c(C)c1. The fraction of sp³-hybridized carbons (Fsp3) is 0.143. The summed E-state index contributed by atoms with van der Waals surface area (Å²) in [4.78, 5) is 15.5. The first-order valence-corrected chi connectivity index (χ1v) is 5.79. The number of carbonyl (C=O) groups is 1. The highest BCUT2D eigenvalue weighted by Gasteiger charge is 2.15. The predicted molar refractivity (Wildman–Crippen MR) is 71.2 cm³/mol. The number of carbonyl (C=O) groups excluding carboxylic acids is 1. The highest BCUT2D eigenvalue weighted by atomic mass is 19.1. The second-order valence-electron chi connectivity index (χ2n) is 4.11. The lowest BCUT2D eigenvalue weighted by Crippen LogP contribution is -2.04. The number of methoxy groups -OCH3 is 1. The molecule has 1 heterocycles. The third kappa shape index (κ3) is 2.85. The van der Waals surface area contributed by atoms with Gasteiger partial charge in [-0.05, 0) is 30.7 Å². The molecule has 2 aromatic rings. The van der Waals surface area contributed by atoms with Crippen LogP contribution in [-0.4, -0.2) is 18.1 Å². The van der Waals surface area contributed by atoms with Gasteiger partial charge >= 0.3 is 5.97 Å². The zero-order valence-electron chi connectivity index (χ0n) is 11.0. The minimum absolute atomic E-state index is 0.0582. The summed E-state index contributed by atoms with van der Waals surface area (Å²) in [5.74, 6) is -0.340. The van der Waals surface area contributed by atoms with E-state index >= 15 is 0 Å². The van der Waals surface area contributed by atoms with Gasteiger partial charge in [0.2, 0.25) is 0 Å². The van der Waals surface area contributed by atoms with E-state index in [2.05, 4.69) is 9.72 Å². The summed E-state index contributed by atoms with van der Waals surface area (Å²) >= 11 is 0. The molecular weight excluding hydrogens is 263 g/mol. The molecule has 2 rings (SSSR count). The van der Waals surface area contributed by atoms with Crippen molar-refractivity contribution in [3.05, 3.63) is 47.4 Å². The van der Waals surface area contributed by atoms with E-state index in [1.54, 1.807) is 13.0 Å². The molecule has 0 aliphatic carbocycles. The zero-order chi connectivity index (χ0) is 14.7. The van der Waals surface area contributed by atoms with E-state index in [-0.39, 0.29) is 11.3 Å². The number of hydrogen-bond acceptors (Lipinski definition) is 5. The Morgan fingerprint density at radius 3 is 2.75 bits per heavy atom. The maximum absolute atomic E-state index is 13.3. The minimum atomic E-state index is -0.611. The molecule has 20 heavy (non-hydrogen) atoms. The van der Waals surface area contributed by atoms with Crippen LogP contribution in [0.25, 0.3) is 0 Å². The normalized spacial score (nSPS) is 10.2. The van der Waals surface area contributed by atoms with Crippen molar-refractivity contribution in [2.75, 3.05) is 12.8 Å². The maximum atomic E-state index is 13.3. The highest BCUT2D eigenvalue weighted by molar-refractivity contribution is 5.92. The summed E-state index contributed by atoms with van der Waals surface area (Å²) in [5, 5.41) is 0. The first-order chi connectivity index (χ1) is 9.51. The van der Waals surface area contributed by atoms with Crippen molar-refractivity contribution >= 4 is 11.8 Å². The summed E-state index contributed by atoms with van der Waals surface area (Å²) in [5.41, 5.74) is 6.45. The number of pyridine rings is 1. The molecule has 1 aromatic heterocycles. The van der Waals surface area contributed by atoms with Gasteiger partial charge in [0.1, 0.15) is 28.7 Å². The molecule has 0 saturated carbocycles. The Morgan fingerprint density at radius 1 is 1.35 bits per heavy atom. The van der Waals surface area contributed by atoms with Crippen molar-refractivity contribution < 1.29 is 18.7 Å². The van der Waals surface area contributed by atoms with Gasteiger partial charge in [-0.3, -0.25) is 0 Å². The topological polar surface area (TPSA) is 74.4 Å². The number of halogens is 1. The molecule has 0 saturated heterocycles. The van der Waals surface area contributed by atoms with Gasteiger partial charge in [-0.15, -0.1) is 0 Å². The lowest BCUT2D eigenvalue weighted by atomic mass is 10.2. The predicted octanol–water partition coefficient (Wildman–Crippen LogP) is 2.69. The molecule has 0 aliphatic rings. The van der Waals surface area contributed by atoms with E-state index in [1.807, 2.05) is 0 Å². The number of nitrogen functional groups attached to an aromatic ring is 1. The molecule has 1 aromatic carbocycles. The van der Waals surface area contributed by atoms with Crippen LogP contribution in [0.3, 0.4) is 0 Å². The van der Waals surface area contributed by atoms with Crippen LogP contribution >= 0.6 is 0 Å². The minimum Gasteiger partial charge on any atom is -0.465 e. The number of aromatic nitrogens is 1. The summed E-state index contributed by atoms with van der Waals surface area (Å²) in [6.45, 7) is 1.77. The van der Waals surface area contributed by atoms with Gasteiger partial charge < -0.3 is 15.2 Å². The second kappa shape index (κ2) is 5.56. The number of esters is 1. The number of nitrogens with zero attached hydrogens (tertiary/aromatic N) is 1. The van der Waals surface area contributed by atoms with E-state index in [9.17, 15) is 9.18 Å². The Labute approximate surface area is 115 Å². The number of benzene rings is 1. The largest absolute Gasteiger partial charge is 0.465 e. The van der Waals surface area contributed by atoms with Crippen LogP contribution in [0.2, 0.25) is 0 Å². The standard InChI is InChI=1S/C14H13FN2O3/c1-8-5-10(7-17-13(8)16)20-12-6-9(15)3-4-11(12)14(18)19-2/h3-7H,1-2H3,(H2,16,17). The van der Waals surface area contributed by atoms with Gasteiger partial charge in [0, 0.05) is 6.07 Å². The number of nitrogens with two attached hydrogens (primary N) is 1. The molecule has 6 heteroatoms. The van der Waals surface area contributed by atoms with Gasteiger partial charge in [-0.1, -0.05) is 0 Å². The second-order valence-corrected chi connectivity index (χ2v) is 4.11. The summed E-state index contributed by atoms with van der Waals surface area (Å²) in [6.07, 6.45) is 1.40. The molecule has 0 spiro atoms. The van der Waals surface area contributed by atoms with E-state index in [1.165, 1.54) is 19.4 Å². The van der Waals surface area contributed by atoms with Crippen molar-refractivity contribution in [1.82, 2.24) is 4.98 Å². The Morgan fingerprint density at radius 2 is 2.10 bits per heavy atom. The third-order valence-electron chi connectivity index (χ3n) is 2.67. The van der Waals surface area contributed by atoms with Gasteiger partial charge in [0.05, 0.1) is 13.3 Å². The number of anilines is 1. The molecule has 0 amide bonds. The Balaban J connectivity index is 2.38. The van der Waals surface area contributed by atoms with Crippen LogP contribution in [0.4, 0.5) is 10.2 Å². The van der Waals surface area contributed by atoms with Gasteiger partial charge in [-0.25, -0.2) is 14.2 Å². The smallest absolute Gasteiger partial charge is 0.341 e. The van der Waals surface area contributed by atoms with Crippen molar-refractivity contribution in [3.63, 3.8) is 0 Å².